The minimum absolute atomic E-state index is 0. The Bertz CT molecular complexity index is 1280. The van der Waals surface area contributed by atoms with Gasteiger partial charge in [-0.05, 0) is 97.2 Å². The van der Waals surface area contributed by atoms with Crippen LogP contribution in [0.1, 0.15) is 78.6 Å². The average Bonchev–Trinajstić information content (AvgIpc) is 3.24. The number of hydrogen-bond acceptors (Lipinski definition) is 4. The molecule has 0 amide bonds. The number of nitrogens with two attached hydrogens (primary N) is 1. The van der Waals surface area contributed by atoms with E-state index in [1.807, 2.05) is 36.2 Å². The van der Waals surface area contributed by atoms with E-state index in [-0.39, 0.29) is 1.43 Å². The number of benzene rings is 1. The summed E-state index contributed by atoms with van der Waals surface area (Å²) in [4.78, 5) is 8.82. The molecule has 2 N–H and O–H groups in total. The lowest BCUT2D eigenvalue weighted by Gasteiger charge is -2.32. The first kappa shape index (κ1) is 30.8. The highest BCUT2D eigenvalue weighted by Crippen LogP contribution is 2.37. The molecule has 3 aromatic rings. The maximum atomic E-state index is 6.30. The molecule has 2 aromatic heterocycles. The Hall–Kier alpha value is -3.18. The van der Waals surface area contributed by atoms with E-state index in [1.54, 1.807) is 7.05 Å². The lowest BCUT2D eigenvalue weighted by molar-refractivity contribution is 0.132. The summed E-state index contributed by atoms with van der Waals surface area (Å²) in [6.07, 6.45) is 20.2. The summed E-state index contributed by atoms with van der Waals surface area (Å²) in [5, 5.41) is 0. The highest BCUT2D eigenvalue weighted by atomic mass is 16.5. The van der Waals surface area contributed by atoms with Gasteiger partial charge in [0.05, 0.1) is 5.69 Å². The number of anilines is 1. The number of aryl methyl sites for hydroxylation is 1. The van der Waals surface area contributed by atoms with E-state index >= 15 is 0 Å². The third kappa shape index (κ3) is 8.90. The predicted octanol–water partition coefficient (Wildman–Crippen LogP) is 9.10. The van der Waals surface area contributed by atoms with Gasteiger partial charge in [0.2, 0.25) is 0 Å². The van der Waals surface area contributed by atoms with Gasteiger partial charge in [-0.1, -0.05) is 57.4 Å². The number of nitrogen functional groups attached to an aromatic ring is 1. The molecule has 2 aliphatic rings. The van der Waals surface area contributed by atoms with E-state index in [0.717, 1.165) is 66.2 Å². The second kappa shape index (κ2) is 15.7. The largest absolute Gasteiger partial charge is 0.383 e. The lowest BCUT2D eigenvalue weighted by Crippen LogP contribution is -2.21. The van der Waals surface area contributed by atoms with E-state index in [2.05, 4.69) is 66.4 Å². The zero-order chi connectivity index (χ0) is 29.0. The number of rotatable bonds is 7. The van der Waals surface area contributed by atoms with Gasteiger partial charge in [0.25, 0.3) is 0 Å². The van der Waals surface area contributed by atoms with Crippen molar-refractivity contribution in [1.82, 2.24) is 9.55 Å². The number of aromatic nitrogens is 2. The molecule has 3 heterocycles. The molecular formula is C36H52N4O. The van der Waals surface area contributed by atoms with Crippen molar-refractivity contribution in [2.75, 3.05) is 26.0 Å². The van der Waals surface area contributed by atoms with Crippen molar-refractivity contribution in [1.29, 1.82) is 0 Å². The fourth-order valence-electron chi connectivity index (χ4n) is 6.24. The first-order chi connectivity index (χ1) is 20.0. The van der Waals surface area contributed by atoms with Crippen LogP contribution in [0.25, 0.3) is 28.0 Å². The summed E-state index contributed by atoms with van der Waals surface area (Å²) in [5.41, 5.74) is 12.5. The summed E-state index contributed by atoms with van der Waals surface area (Å²) in [6.45, 7) is 6.60. The molecule has 0 radical (unpaired) electrons. The van der Waals surface area contributed by atoms with Gasteiger partial charge in [-0.3, -0.25) is 4.99 Å². The van der Waals surface area contributed by atoms with Crippen LogP contribution < -0.4 is 5.73 Å². The van der Waals surface area contributed by atoms with Crippen LogP contribution in [-0.4, -0.2) is 36.0 Å². The fourth-order valence-corrected chi connectivity index (χ4v) is 6.24. The zero-order valence-corrected chi connectivity index (χ0v) is 25.7. The molecule has 41 heavy (non-hydrogen) atoms. The van der Waals surface area contributed by atoms with Crippen LogP contribution >= 0.6 is 0 Å². The first-order valence-electron chi connectivity index (χ1n) is 15.7. The smallest absolute Gasteiger partial charge is 0.132 e. The molecule has 1 saturated heterocycles. The molecule has 5 heteroatoms. The van der Waals surface area contributed by atoms with Crippen LogP contribution in [0.3, 0.4) is 0 Å². The highest BCUT2D eigenvalue weighted by molar-refractivity contribution is 6.11. The minimum atomic E-state index is 0. The van der Waals surface area contributed by atoms with Crippen LogP contribution in [0.2, 0.25) is 0 Å². The van der Waals surface area contributed by atoms with Gasteiger partial charge in [0.1, 0.15) is 5.82 Å². The van der Waals surface area contributed by atoms with E-state index < -0.39 is 0 Å². The van der Waals surface area contributed by atoms with Crippen LogP contribution in [0.15, 0.2) is 65.9 Å². The second-order valence-corrected chi connectivity index (χ2v) is 11.9. The molecule has 2 fully saturated rings. The Balaban J connectivity index is 0.000000272. The molecule has 222 valence electrons. The molecule has 1 unspecified atom stereocenters. The van der Waals surface area contributed by atoms with E-state index in [4.69, 9.17) is 10.5 Å². The lowest BCUT2D eigenvalue weighted by atomic mass is 9.74. The van der Waals surface area contributed by atoms with Crippen LogP contribution in [0, 0.1) is 17.8 Å². The van der Waals surface area contributed by atoms with Crippen molar-refractivity contribution in [2.24, 2.45) is 29.8 Å². The molecule has 5 rings (SSSR count). The first-order valence-corrected chi connectivity index (χ1v) is 15.7. The monoisotopic (exact) mass is 556 g/mol. The van der Waals surface area contributed by atoms with Crippen LogP contribution in [0.4, 0.5) is 5.82 Å². The number of hydrogen-bond donors (Lipinski definition) is 1. The molecule has 1 aromatic carbocycles. The number of aliphatic imine (C=N–C) groups is 1. The Labute approximate surface area is 249 Å². The Morgan fingerprint density at radius 2 is 1.80 bits per heavy atom. The highest BCUT2D eigenvalue weighted by Gasteiger charge is 2.26. The average molecular weight is 557 g/mol. The summed E-state index contributed by atoms with van der Waals surface area (Å²) >= 11 is 0. The Morgan fingerprint density at radius 1 is 1.02 bits per heavy atom. The van der Waals surface area contributed by atoms with Crippen molar-refractivity contribution in [3.05, 3.63) is 66.5 Å². The maximum Gasteiger partial charge on any atom is 0.132 e. The number of nitrogens with zero attached hydrogens (tertiary/aromatic N) is 3. The Kier molecular flexibility index (Phi) is 11.8. The molecule has 1 atom stereocenters. The predicted molar refractivity (Wildman–Crippen MR) is 177 cm³/mol. The molecule has 1 aliphatic carbocycles. The maximum absolute atomic E-state index is 6.30. The minimum Gasteiger partial charge on any atom is -0.383 e. The third-order valence-corrected chi connectivity index (χ3v) is 8.70. The summed E-state index contributed by atoms with van der Waals surface area (Å²) in [5.74, 6) is 3.55. The number of ether oxygens (including phenoxy) is 1. The van der Waals surface area contributed by atoms with Gasteiger partial charge < -0.3 is 15.0 Å². The van der Waals surface area contributed by atoms with Gasteiger partial charge in [-0.2, -0.15) is 0 Å². The Morgan fingerprint density at radius 3 is 2.51 bits per heavy atom. The second-order valence-electron chi connectivity index (χ2n) is 11.9. The van der Waals surface area contributed by atoms with Crippen molar-refractivity contribution < 1.29 is 6.16 Å². The summed E-state index contributed by atoms with van der Waals surface area (Å²) in [7, 11) is 3.80. The molecule has 0 spiro atoms. The van der Waals surface area contributed by atoms with Crippen molar-refractivity contribution in [3.63, 3.8) is 0 Å². The van der Waals surface area contributed by atoms with Crippen molar-refractivity contribution in [3.8, 4) is 22.4 Å². The topological polar surface area (TPSA) is 65.4 Å². The molecule has 1 aliphatic heterocycles. The van der Waals surface area contributed by atoms with Gasteiger partial charge in [-0.25, -0.2) is 4.98 Å². The van der Waals surface area contributed by atoms with Crippen LogP contribution in [0.5, 0.6) is 0 Å². The van der Waals surface area contributed by atoms with E-state index in [9.17, 15) is 0 Å². The third-order valence-electron chi connectivity index (χ3n) is 8.70. The standard InChI is InChI=1S/C23H26N4.C13H24O.H2/c1-4-5-7-19(15-25-2)21-10-11-22(26-23(21)24)18-9-6-8-17(14-18)20-12-13-27(3)16-20;1-11-4-6-13(7-5-11)12-3-2-9-14-10-8-12;/h6-16H,4-5H2,1-3H3,(H2,24,26);11-13H,2-10H2,1H3;1H/b19-7+,25-15?;;. The van der Waals surface area contributed by atoms with Crippen molar-refractivity contribution >= 4 is 17.6 Å². The van der Waals surface area contributed by atoms with Gasteiger partial charge in [-0.15, -0.1) is 0 Å². The summed E-state index contributed by atoms with van der Waals surface area (Å²) in [6, 6.07) is 14.6. The molecule has 5 nitrogen and oxygen atoms in total. The zero-order valence-electron chi connectivity index (χ0n) is 25.7. The normalized spacial score (nSPS) is 21.8. The fraction of sp³-hybridized carbons (Fsp3) is 0.500. The van der Waals surface area contributed by atoms with Gasteiger partial charge >= 0.3 is 0 Å². The van der Waals surface area contributed by atoms with E-state index in [1.165, 1.54) is 56.1 Å². The van der Waals surface area contributed by atoms with Gasteiger partial charge in [0.15, 0.2) is 0 Å². The molecule has 0 bridgehead atoms. The van der Waals surface area contributed by atoms with E-state index in [0.29, 0.717) is 5.82 Å². The molecular weight excluding hydrogens is 504 g/mol. The van der Waals surface area contributed by atoms with Gasteiger partial charge in [0, 0.05) is 58.5 Å². The number of unbranched alkanes of at least 4 members (excludes halogenated alkanes) is 1. The SMILES string of the molecule is CC1CCC(C2CCCOCC2)CC1.CCC/C=C(\C=NC)c1ccc(-c2cccc(-c3ccn(C)c3)c2)nc1N.[HH]. The molecule has 1 saturated carbocycles. The summed E-state index contributed by atoms with van der Waals surface area (Å²) < 4.78 is 7.58. The quantitative estimate of drug-likeness (QED) is 0.295. The van der Waals surface area contributed by atoms with Crippen LogP contribution in [-0.2, 0) is 11.8 Å². The number of pyridine rings is 1. The van der Waals surface area contributed by atoms with Crippen molar-refractivity contribution in [2.45, 2.75) is 71.6 Å². The number of allylic oxidation sites excluding steroid dienone is 2.